The second kappa shape index (κ2) is 14.6. The van der Waals surface area contributed by atoms with E-state index in [4.69, 9.17) is 14.2 Å². The molecule has 11 unspecified atom stereocenters. The van der Waals surface area contributed by atoms with Gasteiger partial charge in [-0.15, -0.1) is 0 Å². The molecular weight excluding hydrogens is 669 g/mol. The highest BCUT2D eigenvalue weighted by Crippen LogP contribution is 2.56. The minimum atomic E-state index is -1.36. The quantitative estimate of drug-likeness (QED) is 0.299. The van der Waals surface area contributed by atoms with Crippen LogP contribution in [0, 0.1) is 29.6 Å². The summed E-state index contributed by atoms with van der Waals surface area (Å²) in [5, 5.41) is 5.97. The molecule has 12 nitrogen and oxygen atoms in total. The standard InChI is InChI=1S/C39H58FN5O7/c1-39(2,3)52-38(49)42-22-9-12-44(20-22)33-29(40)17-27-32-36(33)51-31-19-26-25(23-7-4-5-8-24(23)34(26)46)18-30(31)45(32)21-28(35(27)47)37(48)41-10-6-11-43-13-15-50-16-14-43/h21-27,29-33,36H,4-20H2,1-3H3,(H,41,48)(H,42,49)/t22-,23?,24?,25?,26?,27?,29?,30?,31?,32?,33?,36?/m0/s1. The zero-order chi connectivity index (χ0) is 36.3. The van der Waals surface area contributed by atoms with Gasteiger partial charge in [0.05, 0.1) is 49.1 Å². The predicted molar refractivity (Wildman–Crippen MR) is 189 cm³/mol. The van der Waals surface area contributed by atoms with E-state index in [1.54, 1.807) is 6.20 Å². The number of hydrogen-bond acceptors (Lipinski definition) is 10. The molecule has 0 aromatic rings. The number of fused-ring (bicyclic) bond motifs is 5. The highest BCUT2D eigenvalue weighted by molar-refractivity contribution is 6.20. The lowest BCUT2D eigenvalue weighted by molar-refractivity contribution is -0.217. The summed E-state index contributed by atoms with van der Waals surface area (Å²) < 4.78 is 34.7. The van der Waals surface area contributed by atoms with Crippen LogP contribution in [0.4, 0.5) is 9.18 Å². The number of Topliss-reactive ketones (excluding diaryl/α,β-unsaturated/α-hetero) is 2. The number of alkyl carbamates (subject to hydrolysis) is 1. The number of ether oxygens (including phenoxy) is 3. The predicted octanol–water partition coefficient (Wildman–Crippen LogP) is 2.84. The lowest BCUT2D eigenvalue weighted by atomic mass is 9.66. The van der Waals surface area contributed by atoms with Crippen molar-refractivity contribution in [2.45, 2.75) is 127 Å². The molecule has 4 aliphatic carbocycles. The zero-order valence-electron chi connectivity index (χ0n) is 31.1. The molecule has 0 aromatic carbocycles. The first-order chi connectivity index (χ1) is 25.0. The van der Waals surface area contributed by atoms with Crippen molar-refractivity contribution < 1.29 is 37.8 Å². The number of morpholine rings is 2. The van der Waals surface area contributed by atoms with Crippen LogP contribution in [0.5, 0.6) is 0 Å². The highest BCUT2D eigenvalue weighted by Gasteiger charge is 2.63. The lowest BCUT2D eigenvalue weighted by Crippen LogP contribution is -2.73. The number of alkyl halides is 1. The number of nitrogens with one attached hydrogen (secondary N) is 2. The maximum absolute atomic E-state index is 16.7. The number of hydrogen-bond donors (Lipinski definition) is 2. The molecule has 2 N–H and O–H groups in total. The summed E-state index contributed by atoms with van der Waals surface area (Å²) in [6, 6.07) is -1.31. The number of ketones is 2. The lowest BCUT2D eigenvalue weighted by Gasteiger charge is -2.61. The minimum absolute atomic E-state index is 0.0134. The Labute approximate surface area is 306 Å². The molecule has 8 rings (SSSR count). The maximum atomic E-state index is 16.7. The van der Waals surface area contributed by atoms with Crippen molar-refractivity contribution in [1.82, 2.24) is 25.3 Å². The molecule has 8 aliphatic rings. The summed E-state index contributed by atoms with van der Waals surface area (Å²) in [5.41, 5.74) is -0.515. The van der Waals surface area contributed by atoms with Crippen LogP contribution < -0.4 is 10.6 Å². The average Bonchev–Trinajstić information content (AvgIpc) is 3.67. The molecule has 7 fully saturated rings. The average molecular weight is 728 g/mol. The number of carbonyl (C=O) groups excluding carboxylic acids is 4. The van der Waals surface area contributed by atoms with Gasteiger partial charge in [0.1, 0.15) is 17.6 Å². The van der Waals surface area contributed by atoms with E-state index in [0.717, 1.165) is 58.2 Å². The van der Waals surface area contributed by atoms with E-state index in [-0.39, 0.29) is 53.7 Å². The van der Waals surface area contributed by atoms with E-state index in [1.807, 2.05) is 20.8 Å². The summed E-state index contributed by atoms with van der Waals surface area (Å²) >= 11 is 0. The van der Waals surface area contributed by atoms with Gasteiger partial charge in [-0.1, -0.05) is 12.8 Å². The fraction of sp³-hybridized carbons (Fsp3) is 0.846. The summed E-state index contributed by atoms with van der Waals surface area (Å²) in [4.78, 5) is 61.0. The van der Waals surface area contributed by atoms with Gasteiger partial charge in [-0.25, -0.2) is 9.18 Å². The van der Waals surface area contributed by atoms with E-state index in [1.165, 1.54) is 0 Å². The van der Waals surface area contributed by atoms with E-state index >= 15 is 4.39 Å². The Morgan fingerprint density at radius 2 is 1.75 bits per heavy atom. The van der Waals surface area contributed by atoms with Crippen molar-refractivity contribution in [3.8, 4) is 0 Å². The smallest absolute Gasteiger partial charge is 0.407 e. The van der Waals surface area contributed by atoms with Gasteiger partial charge in [0.15, 0.2) is 5.78 Å². The number of likely N-dealkylation sites (tertiary alicyclic amines) is 1. The topological polar surface area (TPSA) is 130 Å². The van der Waals surface area contributed by atoms with Crippen LogP contribution in [0.15, 0.2) is 11.8 Å². The van der Waals surface area contributed by atoms with Gasteiger partial charge in [0, 0.05) is 62.7 Å². The first-order valence-electron chi connectivity index (χ1n) is 20.2. The summed E-state index contributed by atoms with van der Waals surface area (Å²) in [6.45, 7) is 11.0. The molecule has 4 aliphatic heterocycles. The van der Waals surface area contributed by atoms with E-state index < -0.39 is 47.9 Å². The van der Waals surface area contributed by atoms with Gasteiger partial charge in [-0.05, 0) is 84.1 Å². The Bertz CT molecular complexity index is 1430. The van der Waals surface area contributed by atoms with Gasteiger partial charge in [-0.3, -0.25) is 24.2 Å². The maximum Gasteiger partial charge on any atom is 0.407 e. The van der Waals surface area contributed by atoms with Crippen molar-refractivity contribution >= 4 is 23.6 Å². The van der Waals surface area contributed by atoms with E-state index in [9.17, 15) is 19.2 Å². The van der Waals surface area contributed by atoms with E-state index in [2.05, 4.69) is 25.3 Å². The third kappa shape index (κ3) is 6.92. The molecule has 13 heteroatoms. The molecule has 0 radical (unpaired) electrons. The summed E-state index contributed by atoms with van der Waals surface area (Å²) in [5.74, 6) is -0.288. The SMILES string of the molecule is CC(C)(C)OC(=O)N[C@H]1CCN(C2C(F)CC3C(=O)C(C(=O)NCCCN4CCOCC4)=CN4C5CC6C(CC5OC2C34)C(=O)C2CCCCC26)C1. The van der Waals surface area contributed by atoms with Crippen LogP contribution in [0.3, 0.4) is 0 Å². The van der Waals surface area contributed by atoms with E-state index in [0.29, 0.717) is 57.4 Å². The van der Waals surface area contributed by atoms with Gasteiger partial charge in [-0.2, -0.15) is 0 Å². The molecular formula is C39H58FN5O7. The van der Waals surface area contributed by atoms with Gasteiger partial charge in [0.25, 0.3) is 5.91 Å². The van der Waals surface area contributed by atoms with Crippen LogP contribution in [-0.4, -0.2) is 139 Å². The Kier molecular flexibility index (Phi) is 10.2. The second-order valence-electron chi connectivity index (χ2n) is 17.8. The number of nitrogens with zero attached hydrogens (tertiary/aromatic N) is 3. The molecule has 4 saturated carbocycles. The Morgan fingerprint density at radius 3 is 2.54 bits per heavy atom. The molecule has 0 aromatic heterocycles. The molecule has 2 amide bonds. The Morgan fingerprint density at radius 1 is 0.962 bits per heavy atom. The van der Waals surface area contributed by atoms with Crippen LogP contribution in [0.1, 0.15) is 78.6 Å². The molecule has 4 heterocycles. The summed E-state index contributed by atoms with van der Waals surface area (Å²) in [7, 11) is 0. The normalized spacial score (nSPS) is 40.6. The van der Waals surface area contributed by atoms with Crippen molar-refractivity contribution in [1.29, 1.82) is 0 Å². The van der Waals surface area contributed by atoms with Crippen molar-refractivity contribution in [2.75, 3.05) is 52.5 Å². The summed E-state index contributed by atoms with van der Waals surface area (Å²) in [6.07, 6.45) is 6.11. The van der Waals surface area contributed by atoms with Crippen molar-refractivity contribution in [3.05, 3.63) is 11.8 Å². The molecule has 288 valence electrons. The molecule has 52 heavy (non-hydrogen) atoms. The third-order valence-corrected chi connectivity index (χ3v) is 13.6. The van der Waals surface area contributed by atoms with Gasteiger partial charge < -0.3 is 29.7 Å². The fourth-order valence-electron chi connectivity index (χ4n) is 11.4. The number of rotatable bonds is 7. The van der Waals surface area contributed by atoms with Crippen molar-refractivity contribution in [2.24, 2.45) is 29.6 Å². The zero-order valence-corrected chi connectivity index (χ0v) is 31.1. The first kappa shape index (κ1) is 36.4. The Balaban J connectivity index is 1.04. The minimum Gasteiger partial charge on any atom is -0.444 e. The second-order valence-corrected chi connectivity index (χ2v) is 17.8. The van der Waals surface area contributed by atoms with Crippen LogP contribution in [0.2, 0.25) is 0 Å². The molecule has 3 saturated heterocycles. The van der Waals surface area contributed by atoms with Crippen molar-refractivity contribution in [3.63, 3.8) is 0 Å². The third-order valence-electron chi connectivity index (χ3n) is 13.6. The number of halogens is 1. The number of carbonyl (C=O) groups is 4. The van der Waals surface area contributed by atoms with Crippen LogP contribution in [0.25, 0.3) is 0 Å². The fourth-order valence-corrected chi connectivity index (χ4v) is 11.4. The molecule has 12 atom stereocenters. The van der Waals surface area contributed by atoms with Gasteiger partial charge in [0.2, 0.25) is 0 Å². The largest absolute Gasteiger partial charge is 0.444 e. The number of amides is 2. The monoisotopic (exact) mass is 727 g/mol. The first-order valence-corrected chi connectivity index (χ1v) is 20.2. The molecule has 0 spiro atoms. The van der Waals surface area contributed by atoms with Gasteiger partial charge >= 0.3 is 6.09 Å². The van der Waals surface area contributed by atoms with Crippen LogP contribution in [-0.2, 0) is 28.6 Å². The Hall–Kier alpha value is -2.61. The molecule has 0 bridgehead atoms. The highest BCUT2D eigenvalue weighted by atomic mass is 19.1. The van der Waals surface area contributed by atoms with Crippen LogP contribution >= 0.6 is 0 Å².